The molecule has 0 unspecified atom stereocenters. The van der Waals surface area contributed by atoms with Gasteiger partial charge in [0.15, 0.2) is 0 Å². The molecule has 0 aliphatic heterocycles. The molecule has 9 aromatic rings. The average Bonchev–Trinajstić information content (AvgIpc) is 3.84. The number of hydrogen-bond acceptors (Lipinski definition) is 3. The molecule has 352 valence electrons. The Hall–Kier alpha value is -6.35. The van der Waals surface area contributed by atoms with Crippen LogP contribution in [-0.2, 0) is 42.7 Å². The summed E-state index contributed by atoms with van der Waals surface area (Å²) in [5, 5.41) is 12.6. The van der Waals surface area contributed by atoms with Crippen LogP contribution in [0.2, 0.25) is 0 Å². The molecule has 0 atom stereocenters. The van der Waals surface area contributed by atoms with Gasteiger partial charge in [-0.1, -0.05) is 215 Å². The fraction of sp³-hybridized carbons (Fsp3) is 0.250. The van der Waals surface area contributed by atoms with E-state index in [9.17, 15) is 7.85 Å². The number of para-hydroxylation sites is 1. The molecule has 1 N–H and O–H groups in total. The van der Waals surface area contributed by atoms with Crippen molar-refractivity contribution in [2.24, 2.45) is 0 Å². The van der Waals surface area contributed by atoms with E-state index in [2.05, 4.69) is 109 Å². The van der Waals surface area contributed by atoms with Crippen LogP contribution >= 0.6 is 0 Å². The maximum absolute atomic E-state index is 12.6. The molecule has 69 heavy (non-hydrogen) atoms. The second kappa shape index (κ2) is 18.5. The Morgan fingerprint density at radius 1 is 0.522 bits per heavy atom. The molecular weight excluding hydrogens is 1020 g/mol. The first kappa shape index (κ1) is 34.9. The van der Waals surface area contributed by atoms with Gasteiger partial charge in [0.2, 0.25) is 0 Å². The topological polar surface area (TPSA) is 50.9 Å². The summed E-state index contributed by atoms with van der Waals surface area (Å²) in [6.07, 6.45) is 1.42. The van der Waals surface area contributed by atoms with E-state index in [0.29, 0.717) is 39.3 Å². The van der Waals surface area contributed by atoms with E-state index in [1.165, 1.54) is 18.3 Å². The van der Waals surface area contributed by atoms with Crippen molar-refractivity contribution in [3.63, 3.8) is 0 Å². The van der Waals surface area contributed by atoms with E-state index >= 15 is 0 Å². The molecule has 0 saturated heterocycles. The zero-order valence-corrected chi connectivity index (χ0v) is 42.7. The molecule has 0 aliphatic carbocycles. The van der Waals surface area contributed by atoms with Crippen LogP contribution in [0.1, 0.15) is 123 Å². The van der Waals surface area contributed by atoms with Crippen molar-refractivity contribution in [3.05, 3.63) is 192 Å². The molecule has 0 spiro atoms. The zero-order valence-electron chi connectivity index (χ0n) is 53.4. The molecule has 4 nitrogen and oxygen atoms in total. The van der Waals surface area contributed by atoms with Crippen LogP contribution in [0.3, 0.4) is 0 Å². The van der Waals surface area contributed by atoms with Crippen LogP contribution in [0.4, 0.5) is 0 Å². The van der Waals surface area contributed by atoms with Gasteiger partial charge in [0.1, 0.15) is 11.6 Å². The summed E-state index contributed by atoms with van der Waals surface area (Å²) in [5.74, 6) is 0.651. The molecule has 7 aromatic carbocycles. The van der Waals surface area contributed by atoms with Gasteiger partial charge >= 0.3 is 0 Å². The molecule has 0 saturated carbocycles. The van der Waals surface area contributed by atoms with E-state index in [1.807, 2.05) is 84.9 Å². The fourth-order valence-corrected chi connectivity index (χ4v) is 8.72. The molecule has 0 aliphatic rings. The van der Waals surface area contributed by atoms with Gasteiger partial charge in [-0.15, -0.1) is 23.8 Å². The van der Waals surface area contributed by atoms with Crippen molar-refractivity contribution in [3.8, 4) is 78.6 Å². The van der Waals surface area contributed by atoms with Crippen LogP contribution in [-0.4, -0.2) is 19.6 Å². The molecule has 0 fully saturated rings. The van der Waals surface area contributed by atoms with Crippen molar-refractivity contribution in [1.29, 1.82) is 0 Å². The number of aromatic hydroxyl groups is 1. The van der Waals surface area contributed by atoms with Gasteiger partial charge < -0.3 is 5.11 Å². The Morgan fingerprint density at radius 3 is 1.77 bits per heavy atom. The Kier molecular flexibility index (Phi) is 9.36. The number of fused-ring (bicyclic) bond motifs is 1. The summed E-state index contributed by atoms with van der Waals surface area (Å²) in [4.78, 5) is 10.3. The second-order valence-corrected chi connectivity index (χ2v) is 20.7. The molecule has 2 heterocycles. The minimum atomic E-state index is -3.82. The third-order valence-electron chi connectivity index (χ3n) is 12.5. The number of rotatable bonds is 7. The van der Waals surface area contributed by atoms with Crippen LogP contribution in [0.25, 0.3) is 83.9 Å². The maximum Gasteiger partial charge on any atom is 0.148 e. The first-order valence-electron chi connectivity index (χ1n) is 29.4. The summed E-state index contributed by atoms with van der Waals surface area (Å²) in [7, 11) is 0. The van der Waals surface area contributed by atoms with Gasteiger partial charge in [0, 0.05) is 50.9 Å². The van der Waals surface area contributed by atoms with Crippen LogP contribution < -0.4 is 0 Å². The predicted octanol–water partition coefficient (Wildman–Crippen LogP) is 17.1. The van der Waals surface area contributed by atoms with Crippen molar-refractivity contribution in [1.82, 2.24) is 14.5 Å². The molecule has 0 bridgehead atoms. The summed E-state index contributed by atoms with van der Waals surface area (Å²) >= 11 is 0. The first-order chi connectivity index (χ1) is 37.6. The average molecular weight is 1100 g/mol. The fourth-order valence-electron chi connectivity index (χ4n) is 8.72. The Bertz CT molecular complexity index is 3840. The van der Waals surface area contributed by atoms with E-state index in [-0.39, 0.29) is 48.8 Å². The van der Waals surface area contributed by atoms with E-state index in [4.69, 9.17) is 25.0 Å². The number of phenols is 1. The van der Waals surface area contributed by atoms with Crippen LogP contribution in [0, 0.1) is 6.07 Å². The van der Waals surface area contributed by atoms with Crippen molar-refractivity contribution in [2.45, 2.75) is 105 Å². The summed E-state index contributed by atoms with van der Waals surface area (Å²) in [5.41, 5.74) is 5.09. The summed E-state index contributed by atoms with van der Waals surface area (Å²) in [6, 6.07) is 43.1. The van der Waals surface area contributed by atoms with Gasteiger partial charge in [-0.25, -0.2) is 4.98 Å². The van der Waals surface area contributed by atoms with Gasteiger partial charge in [-0.2, -0.15) is 0 Å². The van der Waals surface area contributed by atoms with E-state index in [0.717, 1.165) is 50.1 Å². The summed E-state index contributed by atoms with van der Waals surface area (Å²) < 4.78 is 113. The number of benzene rings is 7. The Morgan fingerprint density at radius 2 is 1.14 bits per heavy atom. The third-order valence-corrected chi connectivity index (χ3v) is 12.5. The van der Waals surface area contributed by atoms with Crippen LogP contribution in [0.5, 0.6) is 5.75 Å². The molecular formula is C64H64N3OPt-. The first-order valence-corrected chi connectivity index (χ1v) is 22.9. The standard InChI is InChI=1S/C64H64N3O.Pt/c1-61(2,3)49-29-26-43(27-30-49)45-32-33-65-55(38-45)48-35-46(42-22-17-14-18-23-42)34-47(36-48)51-24-19-25-57-58(51)66-60(52-39-50(62(4,5)6)40-54(59(52)68)64(10,11)12)67(57)56-31-28-44(37-53(56)63(7,8)9)41-20-15-13-16-21-41;/h13-35,37-40,68H,1-12H3;/q-1;/i1D3,2D3,3D3,26D,27D,29D,30D;. The second-order valence-electron chi connectivity index (χ2n) is 20.7. The minimum absolute atomic E-state index is 0. The molecule has 0 radical (unpaired) electrons. The van der Waals surface area contributed by atoms with Gasteiger partial charge in [0.05, 0.1) is 27.8 Å². The van der Waals surface area contributed by atoms with Gasteiger partial charge in [-0.3, -0.25) is 9.55 Å². The van der Waals surface area contributed by atoms with Crippen molar-refractivity contribution in [2.75, 3.05) is 0 Å². The number of nitrogens with zero attached hydrogens (tertiary/aromatic N) is 3. The molecule has 0 amide bonds. The minimum Gasteiger partial charge on any atom is -0.507 e. The smallest absolute Gasteiger partial charge is 0.148 e. The van der Waals surface area contributed by atoms with Gasteiger partial charge in [-0.05, 0) is 96.5 Å². The normalized spacial score (nSPS) is 15.6. The molecule has 5 heteroatoms. The molecule has 2 aromatic heterocycles. The predicted molar refractivity (Wildman–Crippen MR) is 287 cm³/mol. The van der Waals surface area contributed by atoms with Crippen molar-refractivity contribution < 1.29 is 44.0 Å². The largest absolute Gasteiger partial charge is 0.507 e. The van der Waals surface area contributed by atoms with Crippen molar-refractivity contribution >= 4 is 11.0 Å². The quantitative estimate of drug-likeness (QED) is 0.162. The van der Waals surface area contributed by atoms with Gasteiger partial charge in [0.25, 0.3) is 0 Å². The number of phenolic OH excluding ortho intramolecular Hbond substituents is 1. The van der Waals surface area contributed by atoms with E-state index in [1.54, 1.807) is 0 Å². The number of hydrogen-bond donors (Lipinski definition) is 1. The Balaban J connectivity index is 0.00000880. The number of imidazole rings is 1. The number of aromatic nitrogens is 3. The van der Waals surface area contributed by atoms with Crippen LogP contribution in [0.15, 0.2) is 164 Å². The third kappa shape index (κ3) is 9.93. The SMILES string of the molecule is [2H]c1c([2H])c(C(C([2H])([2H])[2H])(C([2H])([2H])[2H])C([2H])([2H])[2H])c([2H])c([2H])c1-c1ccnc(-c2[c-]c(-c3cccc4c3nc(-c3cc(C(C)(C)C)cc(C(C)(C)C)c3O)n4-c3ccc(-c4ccccc4)cc3C(C)(C)C)cc(-c3ccccc3)c2)c1.[Pt]. The van der Waals surface area contributed by atoms with E-state index < -0.39 is 61.1 Å². The number of pyridine rings is 1. The maximum atomic E-state index is 12.6. The molecule has 9 rings (SSSR count). The zero-order chi connectivity index (χ0) is 59.3. The monoisotopic (exact) mass is 1100 g/mol. The Labute approximate surface area is 443 Å². The summed E-state index contributed by atoms with van der Waals surface area (Å²) in [6.45, 7) is 7.80.